The third-order valence-electron chi connectivity index (χ3n) is 2.75. The van der Waals surface area contributed by atoms with E-state index in [2.05, 4.69) is 34.5 Å². The van der Waals surface area contributed by atoms with E-state index in [0.29, 0.717) is 19.0 Å². The Bertz CT molecular complexity index is 578. The lowest BCUT2D eigenvalue weighted by molar-refractivity contribution is 0.0696. The third kappa shape index (κ3) is 3.85. The fourth-order valence-electron chi connectivity index (χ4n) is 1.64. The van der Waals surface area contributed by atoms with Crippen molar-refractivity contribution in [1.29, 1.82) is 0 Å². The SMILES string of the molecule is CC(C)c1nc(CNCc2ccc(C(=O)O)cn2)cs1. The molecule has 2 N–H and O–H groups in total. The number of carboxylic acid groups (broad SMARTS) is 1. The summed E-state index contributed by atoms with van der Waals surface area (Å²) < 4.78 is 0. The van der Waals surface area contributed by atoms with E-state index in [1.807, 2.05) is 0 Å². The normalized spacial score (nSPS) is 10.9. The summed E-state index contributed by atoms with van der Waals surface area (Å²) in [6.07, 6.45) is 1.37. The molecule has 2 aromatic rings. The van der Waals surface area contributed by atoms with Crippen LogP contribution in [0.5, 0.6) is 0 Å². The first kappa shape index (κ1) is 14.6. The predicted octanol–water partition coefficient (Wildman–Crippen LogP) is 2.65. The maximum Gasteiger partial charge on any atom is 0.337 e. The summed E-state index contributed by atoms with van der Waals surface area (Å²) in [7, 11) is 0. The monoisotopic (exact) mass is 291 g/mol. The van der Waals surface area contributed by atoms with E-state index in [1.54, 1.807) is 23.5 Å². The second-order valence-electron chi connectivity index (χ2n) is 4.78. The van der Waals surface area contributed by atoms with E-state index in [0.717, 1.165) is 16.4 Å². The molecule has 0 aliphatic rings. The highest BCUT2D eigenvalue weighted by molar-refractivity contribution is 7.09. The van der Waals surface area contributed by atoms with Gasteiger partial charge in [0.15, 0.2) is 0 Å². The highest BCUT2D eigenvalue weighted by Crippen LogP contribution is 2.18. The molecule has 2 aromatic heterocycles. The first-order valence-corrected chi connectivity index (χ1v) is 7.27. The minimum absolute atomic E-state index is 0.204. The Balaban J connectivity index is 1.84. The van der Waals surface area contributed by atoms with Gasteiger partial charge in [-0.1, -0.05) is 13.8 Å². The molecule has 0 amide bonds. The van der Waals surface area contributed by atoms with Crippen molar-refractivity contribution in [3.63, 3.8) is 0 Å². The molecule has 0 fully saturated rings. The molecule has 0 aliphatic heterocycles. The number of carbonyl (C=O) groups is 1. The molecule has 2 heterocycles. The van der Waals surface area contributed by atoms with Crippen LogP contribution in [0.2, 0.25) is 0 Å². The summed E-state index contributed by atoms with van der Waals surface area (Å²) in [6, 6.07) is 3.28. The van der Waals surface area contributed by atoms with Gasteiger partial charge >= 0.3 is 5.97 Å². The van der Waals surface area contributed by atoms with Crippen molar-refractivity contribution in [3.8, 4) is 0 Å². The lowest BCUT2D eigenvalue weighted by atomic mass is 10.2. The van der Waals surface area contributed by atoms with Crippen LogP contribution in [0.4, 0.5) is 0 Å². The van der Waals surface area contributed by atoms with Gasteiger partial charge in [0, 0.05) is 30.6 Å². The summed E-state index contributed by atoms with van der Waals surface area (Å²) in [5.41, 5.74) is 2.05. The van der Waals surface area contributed by atoms with Crippen LogP contribution < -0.4 is 5.32 Å². The van der Waals surface area contributed by atoms with Crippen LogP contribution in [0, 0.1) is 0 Å². The number of hydrogen-bond acceptors (Lipinski definition) is 5. The van der Waals surface area contributed by atoms with Gasteiger partial charge in [-0.25, -0.2) is 9.78 Å². The number of carboxylic acids is 1. The number of thiazole rings is 1. The summed E-state index contributed by atoms with van der Waals surface area (Å²) in [5, 5.41) is 15.2. The number of hydrogen-bond donors (Lipinski definition) is 2. The minimum Gasteiger partial charge on any atom is -0.478 e. The maximum atomic E-state index is 10.7. The van der Waals surface area contributed by atoms with Crippen molar-refractivity contribution >= 4 is 17.3 Å². The van der Waals surface area contributed by atoms with Gasteiger partial charge in [-0.3, -0.25) is 4.98 Å². The fourth-order valence-corrected chi connectivity index (χ4v) is 2.48. The molecular formula is C14H17N3O2S. The molecule has 0 saturated carbocycles. The first-order chi connectivity index (χ1) is 9.56. The molecule has 0 aliphatic carbocycles. The van der Waals surface area contributed by atoms with Crippen LogP contribution in [-0.4, -0.2) is 21.0 Å². The largest absolute Gasteiger partial charge is 0.478 e. The molecule has 0 radical (unpaired) electrons. The fraction of sp³-hybridized carbons (Fsp3) is 0.357. The van der Waals surface area contributed by atoms with Crippen molar-refractivity contribution < 1.29 is 9.90 Å². The van der Waals surface area contributed by atoms with Crippen LogP contribution in [0.1, 0.15) is 46.5 Å². The van der Waals surface area contributed by atoms with Crippen LogP contribution >= 0.6 is 11.3 Å². The number of pyridine rings is 1. The molecule has 0 aromatic carbocycles. The Morgan fingerprint density at radius 1 is 1.35 bits per heavy atom. The number of nitrogens with zero attached hydrogens (tertiary/aromatic N) is 2. The van der Waals surface area contributed by atoms with Crippen molar-refractivity contribution in [2.24, 2.45) is 0 Å². The van der Waals surface area contributed by atoms with E-state index in [-0.39, 0.29) is 5.56 Å². The second kappa shape index (κ2) is 6.58. The van der Waals surface area contributed by atoms with Gasteiger partial charge in [-0.2, -0.15) is 0 Å². The van der Waals surface area contributed by atoms with Gasteiger partial charge < -0.3 is 10.4 Å². The number of nitrogens with one attached hydrogen (secondary N) is 1. The first-order valence-electron chi connectivity index (χ1n) is 6.39. The van der Waals surface area contributed by atoms with Gasteiger partial charge in [0.25, 0.3) is 0 Å². The van der Waals surface area contributed by atoms with Crippen LogP contribution in [0.3, 0.4) is 0 Å². The molecule has 0 atom stereocenters. The van der Waals surface area contributed by atoms with Gasteiger partial charge in [0.2, 0.25) is 0 Å². The molecule has 0 spiro atoms. The lowest BCUT2D eigenvalue weighted by Gasteiger charge is -2.03. The average Bonchev–Trinajstić information content (AvgIpc) is 2.88. The Morgan fingerprint density at radius 3 is 2.65 bits per heavy atom. The minimum atomic E-state index is -0.958. The highest BCUT2D eigenvalue weighted by atomic mass is 32.1. The van der Waals surface area contributed by atoms with Gasteiger partial charge in [0.05, 0.1) is 22.0 Å². The van der Waals surface area contributed by atoms with Crippen molar-refractivity contribution in [2.75, 3.05) is 0 Å². The van der Waals surface area contributed by atoms with Crippen molar-refractivity contribution in [2.45, 2.75) is 32.9 Å². The van der Waals surface area contributed by atoms with E-state index in [4.69, 9.17) is 5.11 Å². The number of aromatic carboxylic acids is 1. The van der Waals surface area contributed by atoms with Gasteiger partial charge in [-0.05, 0) is 12.1 Å². The van der Waals surface area contributed by atoms with Crippen LogP contribution in [-0.2, 0) is 13.1 Å². The molecule has 0 unspecified atom stereocenters. The molecule has 106 valence electrons. The Labute approximate surface area is 121 Å². The second-order valence-corrected chi connectivity index (χ2v) is 5.67. The summed E-state index contributed by atoms with van der Waals surface area (Å²) >= 11 is 1.68. The maximum absolute atomic E-state index is 10.7. The average molecular weight is 291 g/mol. The zero-order chi connectivity index (χ0) is 14.5. The summed E-state index contributed by atoms with van der Waals surface area (Å²) in [5.74, 6) is -0.500. The summed E-state index contributed by atoms with van der Waals surface area (Å²) in [4.78, 5) is 19.3. The van der Waals surface area contributed by atoms with E-state index in [9.17, 15) is 4.79 Å². The quantitative estimate of drug-likeness (QED) is 0.855. The zero-order valence-electron chi connectivity index (χ0n) is 11.5. The molecule has 6 heteroatoms. The molecule has 0 saturated heterocycles. The van der Waals surface area contributed by atoms with Crippen LogP contribution in [0.15, 0.2) is 23.7 Å². The lowest BCUT2D eigenvalue weighted by Crippen LogP contribution is -2.14. The van der Waals surface area contributed by atoms with Crippen LogP contribution in [0.25, 0.3) is 0 Å². The Hall–Kier alpha value is -1.79. The molecule has 2 rings (SSSR count). The van der Waals surface area contributed by atoms with E-state index < -0.39 is 5.97 Å². The smallest absolute Gasteiger partial charge is 0.337 e. The zero-order valence-corrected chi connectivity index (χ0v) is 12.3. The predicted molar refractivity (Wildman–Crippen MR) is 77.9 cm³/mol. The Kier molecular flexibility index (Phi) is 4.81. The van der Waals surface area contributed by atoms with E-state index >= 15 is 0 Å². The molecule has 5 nitrogen and oxygen atoms in total. The number of aromatic nitrogens is 2. The molecular weight excluding hydrogens is 274 g/mol. The number of rotatable bonds is 6. The molecule has 20 heavy (non-hydrogen) atoms. The van der Waals surface area contributed by atoms with Crippen molar-refractivity contribution in [3.05, 3.63) is 45.7 Å². The topological polar surface area (TPSA) is 75.1 Å². The highest BCUT2D eigenvalue weighted by Gasteiger charge is 2.06. The Morgan fingerprint density at radius 2 is 2.10 bits per heavy atom. The third-order valence-corrected chi connectivity index (χ3v) is 3.94. The van der Waals surface area contributed by atoms with Crippen molar-refractivity contribution in [1.82, 2.24) is 15.3 Å². The van der Waals surface area contributed by atoms with Gasteiger partial charge in [0.1, 0.15) is 0 Å². The van der Waals surface area contributed by atoms with E-state index in [1.165, 1.54) is 6.20 Å². The summed E-state index contributed by atoms with van der Waals surface area (Å²) in [6.45, 7) is 5.54. The molecule has 0 bridgehead atoms. The standard InChI is InChI=1S/C14H17N3O2S/c1-9(2)13-17-12(8-20-13)7-15-6-11-4-3-10(5-16-11)14(18)19/h3-5,8-9,15H,6-7H2,1-2H3,(H,18,19). The van der Waals surface area contributed by atoms with Gasteiger partial charge in [-0.15, -0.1) is 11.3 Å².